The summed E-state index contributed by atoms with van der Waals surface area (Å²) in [5.41, 5.74) is 1.44. The van der Waals surface area contributed by atoms with E-state index in [1.807, 2.05) is 6.92 Å². The summed E-state index contributed by atoms with van der Waals surface area (Å²) >= 11 is 6.05. The first kappa shape index (κ1) is 13.6. The van der Waals surface area contributed by atoms with Crippen LogP contribution >= 0.6 is 11.6 Å². The van der Waals surface area contributed by atoms with Gasteiger partial charge in [0, 0.05) is 5.56 Å². The van der Waals surface area contributed by atoms with E-state index in [2.05, 4.69) is 0 Å². The van der Waals surface area contributed by atoms with Gasteiger partial charge in [-0.15, -0.1) is 0 Å². The molecule has 0 unspecified atom stereocenters. The van der Waals surface area contributed by atoms with E-state index in [1.165, 1.54) is 19.2 Å². The summed E-state index contributed by atoms with van der Waals surface area (Å²) in [5, 5.41) is 0.344. The maximum absolute atomic E-state index is 13.3. The van der Waals surface area contributed by atoms with Crippen molar-refractivity contribution in [2.24, 2.45) is 0 Å². The first-order valence-electron chi connectivity index (χ1n) is 5.67. The van der Waals surface area contributed by atoms with Gasteiger partial charge in [-0.2, -0.15) is 0 Å². The van der Waals surface area contributed by atoms with Gasteiger partial charge in [0.25, 0.3) is 0 Å². The molecule has 0 N–H and O–H groups in total. The zero-order chi connectivity index (χ0) is 14.0. The van der Waals surface area contributed by atoms with Crippen LogP contribution in [0, 0.1) is 12.7 Å². The van der Waals surface area contributed by atoms with Crippen molar-refractivity contribution in [3.05, 3.63) is 63.9 Å². The van der Waals surface area contributed by atoms with Crippen LogP contribution in [-0.4, -0.2) is 12.9 Å². The molecule has 0 aliphatic heterocycles. The van der Waals surface area contributed by atoms with Crippen LogP contribution in [-0.2, 0) is 0 Å². The Morgan fingerprint density at radius 2 is 1.89 bits per heavy atom. The molecule has 0 amide bonds. The fraction of sp³-hybridized carbons (Fsp3) is 0.133. The maximum atomic E-state index is 13.3. The number of methoxy groups -OCH3 is 1. The van der Waals surface area contributed by atoms with Gasteiger partial charge in [0.2, 0.25) is 0 Å². The quantitative estimate of drug-likeness (QED) is 0.793. The Morgan fingerprint density at radius 3 is 2.53 bits per heavy atom. The average Bonchev–Trinajstić information content (AvgIpc) is 2.38. The number of benzene rings is 2. The summed E-state index contributed by atoms with van der Waals surface area (Å²) in [6.07, 6.45) is 0. The van der Waals surface area contributed by atoms with Crippen LogP contribution in [0.1, 0.15) is 21.5 Å². The lowest BCUT2D eigenvalue weighted by atomic mass is 10.0. The Labute approximate surface area is 115 Å². The van der Waals surface area contributed by atoms with E-state index in [0.29, 0.717) is 16.3 Å². The molecule has 0 saturated carbocycles. The topological polar surface area (TPSA) is 26.3 Å². The van der Waals surface area contributed by atoms with Crippen LogP contribution in [0.25, 0.3) is 0 Å². The average molecular weight is 279 g/mol. The standard InChI is InChI=1S/C15H12ClFO2/c1-9-3-5-11(13(16)7-9)15(18)12-8-10(17)4-6-14(12)19-2/h3-8H,1-2H3. The highest BCUT2D eigenvalue weighted by Crippen LogP contribution is 2.26. The molecular formula is C15H12ClFO2. The first-order valence-corrected chi connectivity index (χ1v) is 6.05. The maximum Gasteiger partial charge on any atom is 0.198 e. The number of ketones is 1. The molecule has 0 fully saturated rings. The molecule has 0 heterocycles. The molecule has 0 bridgehead atoms. The van der Waals surface area contributed by atoms with Gasteiger partial charge in [-0.3, -0.25) is 4.79 Å². The van der Waals surface area contributed by atoms with Crippen molar-refractivity contribution in [3.8, 4) is 5.75 Å². The van der Waals surface area contributed by atoms with E-state index in [0.717, 1.165) is 11.6 Å². The van der Waals surface area contributed by atoms with Crippen LogP contribution in [0.4, 0.5) is 4.39 Å². The van der Waals surface area contributed by atoms with E-state index in [-0.39, 0.29) is 11.3 Å². The summed E-state index contributed by atoms with van der Waals surface area (Å²) < 4.78 is 18.4. The van der Waals surface area contributed by atoms with E-state index in [4.69, 9.17) is 16.3 Å². The van der Waals surface area contributed by atoms with Crippen LogP contribution in [0.15, 0.2) is 36.4 Å². The molecule has 2 nitrogen and oxygen atoms in total. The van der Waals surface area contributed by atoms with Gasteiger partial charge < -0.3 is 4.74 Å². The van der Waals surface area contributed by atoms with Gasteiger partial charge in [0.1, 0.15) is 11.6 Å². The van der Waals surface area contributed by atoms with Gasteiger partial charge in [0.05, 0.1) is 17.7 Å². The highest BCUT2D eigenvalue weighted by molar-refractivity contribution is 6.35. The summed E-state index contributed by atoms with van der Waals surface area (Å²) in [6.45, 7) is 1.88. The van der Waals surface area contributed by atoms with Crippen molar-refractivity contribution in [1.29, 1.82) is 0 Å². The number of hydrogen-bond acceptors (Lipinski definition) is 2. The minimum absolute atomic E-state index is 0.160. The number of hydrogen-bond donors (Lipinski definition) is 0. The molecule has 4 heteroatoms. The molecule has 0 aromatic heterocycles. The summed E-state index contributed by atoms with van der Waals surface area (Å²) in [5.74, 6) is -0.531. The van der Waals surface area contributed by atoms with Crippen molar-refractivity contribution in [3.63, 3.8) is 0 Å². The molecule has 0 spiro atoms. The molecule has 0 atom stereocenters. The SMILES string of the molecule is COc1ccc(F)cc1C(=O)c1ccc(C)cc1Cl. The zero-order valence-corrected chi connectivity index (χ0v) is 11.3. The Balaban J connectivity index is 2.52. The monoisotopic (exact) mass is 278 g/mol. The Kier molecular flexibility index (Phi) is 3.86. The highest BCUT2D eigenvalue weighted by Gasteiger charge is 2.18. The predicted molar refractivity (Wildman–Crippen MR) is 72.6 cm³/mol. The van der Waals surface area contributed by atoms with Crippen molar-refractivity contribution < 1.29 is 13.9 Å². The molecule has 2 rings (SSSR count). The molecule has 2 aromatic rings. The first-order chi connectivity index (χ1) is 9.02. The molecule has 2 aromatic carbocycles. The van der Waals surface area contributed by atoms with E-state index < -0.39 is 5.82 Å². The molecule has 98 valence electrons. The number of ether oxygens (including phenoxy) is 1. The molecule has 0 saturated heterocycles. The number of aryl methyl sites for hydroxylation is 1. The van der Waals surface area contributed by atoms with Gasteiger partial charge in [-0.1, -0.05) is 17.7 Å². The molecule has 19 heavy (non-hydrogen) atoms. The lowest BCUT2D eigenvalue weighted by molar-refractivity contribution is 0.103. The van der Waals surface area contributed by atoms with Gasteiger partial charge in [-0.25, -0.2) is 4.39 Å². The third-order valence-corrected chi connectivity index (χ3v) is 3.09. The second-order valence-electron chi connectivity index (χ2n) is 4.16. The Bertz CT molecular complexity index is 638. The van der Waals surface area contributed by atoms with E-state index >= 15 is 0 Å². The fourth-order valence-electron chi connectivity index (χ4n) is 1.81. The third-order valence-electron chi connectivity index (χ3n) is 2.78. The van der Waals surface area contributed by atoms with E-state index in [1.54, 1.807) is 18.2 Å². The fourth-order valence-corrected chi connectivity index (χ4v) is 2.13. The number of carbonyl (C=O) groups is 1. The minimum atomic E-state index is -0.493. The molecule has 0 aliphatic rings. The van der Waals surface area contributed by atoms with Gasteiger partial charge >= 0.3 is 0 Å². The van der Waals surface area contributed by atoms with Crippen LogP contribution in [0.5, 0.6) is 5.75 Å². The van der Waals surface area contributed by atoms with Crippen molar-refractivity contribution in [1.82, 2.24) is 0 Å². The predicted octanol–water partition coefficient (Wildman–Crippen LogP) is 4.03. The normalized spacial score (nSPS) is 10.3. The minimum Gasteiger partial charge on any atom is -0.496 e. The lowest BCUT2D eigenvalue weighted by Gasteiger charge is -2.09. The van der Waals surface area contributed by atoms with Crippen molar-refractivity contribution >= 4 is 17.4 Å². The second kappa shape index (κ2) is 5.41. The molecule has 0 radical (unpaired) electrons. The van der Waals surface area contributed by atoms with Crippen molar-refractivity contribution in [2.45, 2.75) is 6.92 Å². The van der Waals surface area contributed by atoms with E-state index in [9.17, 15) is 9.18 Å². The van der Waals surface area contributed by atoms with Gasteiger partial charge in [0.15, 0.2) is 5.78 Å². The summed E-state index contributed by atoms with van der Waals surface area (Å²) in [6, 6.07) is 8.92. The summed E-state index contributed by atoms with van der Waals surface area (Å²) in [4.78, 5) is 12.4. The highest BCUT2D eigenvalue weighted by atomic mass is 35.5. The number of rotatable bonds is 3. The van der Waals surface area contributed by atoms with Crippen molar-refractivity contribution in [2.75, 3.05) is 7.11 Å². The van der Waals surface area contributed by atoms with Crippen LogP contribution in [0.2, 0.25) is 5.02 Å². The van der Waals surface area contributed by atoms with Crippen LogP contribution < -0.4 is 4.74 Å². The lowest BCUT2D eigenvalue weighted by Crippen LogP contribution is -2.05. The number of carbonyl (C=O) groups excluding carboxylic acids is 1. The zero-order valence-electron chi connectivity index (χ0n) is 10.5. The smallest absolute Gasteiger partial charge is 0.198 e. The summed E-state index contributed by atoms with van der Waals surface area (Å²) in [7, 11) is 1.43. The van der Waals surface area contributed by atoms with Crippen LogP contribution in [0.3, 0.4) is 0 Å². The third kappa shape index (κ3) is 2.76. The number of halogens is 2. The largest absolute Gasteiger partial charge is 0.496 e. The Morgan fingerprint density at radius 1 is 1.16 bits per heavy atom. The van der Waals surface area contributed by atoms with Gasteiger partial charge in [-0.05, 0) is 42.8 Å². The molecule has 0 aliphatic carbocycles. The molecular weight excluding hydrogens is 267 g/mol. The Hall–Kier alpha value is -1.87. The second-order valence-corrected chi connectivity index (χ2v) is 4.56.